The van der Waals surface area contributed by atoms with E-state index in [0.29, 0.717) is 0 Å². The lowest BCUT2D eigenvalue weighted by Gasteiger charge is -2.43. The molecule has 0 nitrogen and oxygen atoms in total. The van der Waals surface area contributed by atoms with Crippen LogP contribution in [0.3, 0.4) is 0 Å². The number of allylic oxidation sites excluding steroid dienone is 2. The lowest BCUT2D eigenvalue weighted by atomic mass is 9.61. The Morgan fingerprint density at radius 3 is 2.42 bits per heavy atom. The molecule has 5 saturated carbocycles. The van der Waals surface area contributed by atoms with Crippen molar-refractivity contribution in [2.24, 2.45) is 64.6 Å². The predicted molar refractivity (Wildman–Crippen MR) is 111 cm³/mol. The minimum atomic E-state index is 0.740. The molecule has 5 fully saturated rings. The SMILES string of the molecule is C=CC(C)C1CC1CC1C2CC(C(C(=C)C3CC3)C3CC3CC)C12CC. The topological polar surface area (TPSA) is 0 Å². The van der Waals surface area contributed by atoms with E-state index in [4.69, 9.17) is 6.58 Å². The third-order valence-corrected chi connectivity index (χ3v) is 10.1. The Morgan fingerprint density at radius 1 is 1.12 bits per heavy atom. The first-order chi connectivity index (χ1) is 12.6. The van der Waals surface area contributed by atoms with Crippen LogP contribution >= 0.6 is 0 Å². The van der Waals surface area contributed by atoms with Crippen LogP contribution in [-0.2, 0) is 0 Å². The Balaban J connectivity index is 1.28. The summed E-state index contributed by atoms with van der Waals surface area (Å²) in [6, 6.07) is 0. The zero-order valence-electron chi connectivity index (χ0n) is 17.4. The highest BCUT2D eigenvalue weighted by Crippen LogP contribution is 2.82. The molecule has 10 atom stereocenters. The Kier molecular flexibility index (Phi) is 4.05. The molecule has 0 aromatic heterocycles. The van der Waals surface area contributed by atoms with E-state index in [2.05, 4.69) is 33.4 Å². The number of hydrogen-bond acceptors (Lipinski definition) is 0. The van der Waals surface area contributed by atoms with Crippen LogP contribution in [0.1, 0.15) is 72.1 Å². The average molecular weight is 353 g/mol. The first-order valence-corrected chi connectivity index (χ1v) is 11.9. The number of rotatable bonds is 10. The van der Waals surface area contributed by atoms with E-state index in [1.165, 1.54) is 38.5 Å². The van der Waals surface area contributed by atoms with E-state index in [0.717, 1.165) is 64.6 Å². The zero-order chi connectivity index (χ0) is 18.2. The molecule has 10 unspecified atom stereocenters. The molecule has 0 aromatic rings. The standard InChI is InChI=1S/C26H40/c1-6-15(4)20-12-19(20)13-22-23-14-24(26(22,23)8-3)25(16(5)18-9-10-18)21-11-17(21)7-2/h6,15,17-25H,1,5,7-14H2,2-4H3. The first kappa shape index (κ1) is 17.6. The van der Waals surface area contributed by atoms with Crippen LogP contribution in [0, 0.1) is 64.6 Å². The maximum absolute atomic E-state index is 4.70. The highest BCUT2D eigenvalue weighted by Gasteiger charge is 2.76. The van der Waals surface area contributed by atoms with Crippen molar-refractivity contribution in [3.63, 3.8) is 0 Å². The average Bonchev–Trinajstić information content (AvgIpc) is 3.48. The van der Waals surface area contributed by atoms with Gasteiger partial charge < -0.3 is 0 Å². The van der Waals surface area contributed by atoms with Gasteiger partial charge in [-0.1, -0.05) is 45.4 Å². The molecule has 0 spiro atoms. The summed E-state index contributed by atoms with van der Waals surface area (Å²) >= 11 is 0. The molecule has 0 bridgehead atoms. The largest absolute Gasteiger partial charge is 0.103 e. The normalized spacial score (nSPS) is 50.2. The van der Waals surface area contributed by atoms with E-state index >= 15 is 0 Å². The molecule has 0 aromatic carbocycles. The van der Waals surface area contributed by atoms with Crippen molar-refractivity contribution in [3.8, 4) is 0 Å². The van der Waals surface area contributed by atoms with Gasteiger partial charge in [-0.2, -0.15) is 0 Å². The minimum Gasteiger partial charge on any atom is -0.103 e. The highest BCUT2D eigenvalue weighted by molar-refractivity contribution is 5.29. The molecule has 5 aliphatic rings. The Morgan fingerprint density at radius 2 is 1.85 bits per heavy atom. The van der Waals surface area contributed by atoms with Crippen molar-refractivity contribution in [3.05, 3.63) is 24.8 Å². The molecule has 5 rings (SSSR count). The van der Waals surface area contributed by atoms with Crippen molar-refractivity contribution in [2.45, 2.75) is 72.1 Å². The molecular formula is C26H40. The van der Waals surface area contributed by atoms with Gasteiger partial charge in [0.1, 0.15) is 0 Å². The summed E-state index contributed by atoms with van der Waals surface area (Å²) in [5, 5.41) is 0. The Labute approximate surface area is 161 Å². The summed E-state index contributed by atoms with van der Waals surface area (Å²) in [6.07, 6.45) is 14.0. The van der Waals surface area contributed by atoms with Crippen LogP contribution in [0.5, 0.6) is 0 Å². The number of hydrogen-bond donors (Lipinski definition) is 0. The highest BCUT2D eigenvalue weighted by atomic mass is 14.8. The fraction of sp³-hybridized carbons (Fsp3) is 0.846. The van der Waals surface area contributed by atoms with Gasteiger partial charge >= 0.3 is 0 Å². The molecule has 144 valence electrons. The van der Waals surface area contributed by atoms with Crippen molar-refractivity contribution < 1.29 is 0 Å². The summed E-state index contributed by atoms with van der Waals surface area (Å²) in [7, 11) is 0. The summed E-state index contributed by atoms with van der Waals surface area (Å²) in [4.78, 5) is 0. The van der Waals surface area contributed by atoms with Crippen LogP contribution in [0.15, 0.2) is 24.8 Å². The van der Waals surface area contributed by atoms with Crippen molar-refractivity contribution in [2.75, 3.05) is 0 Å². The Bertz CT molecular complexity index is 597. The van der Waals surface area contributed by atoms with Gasteiger partial charge in [-0.15, -0.1) is 6.58 Å². The van der Waals surface area contributed by atoms with Crippen molar-refractivity contribution >= 4 is 0 Å². The molecule has 0 N–H and O–H groups in total. The third kappa shape index (κ3) is 2.46. The van der Waals surface area contributed by atoms with Gasteiger partial charge in [0.05, 0.1) is 0 Å². The van der Waals surface area contributed by atoms with Crippen LogP contribution in [-0.4, -0.2) is 0 Å². The second kappa shape index (κ2) is 5.99. The summed E-state index contributed by atoms with van der Waals surface area (Å²) in [5.41, 5.74) is 2.45. The van der Waals surface area contributed by atoms with Crippen LogP contribution in [0.2, 0.25) is 0 Å². The summed E-state index contributed by atoms with van der Waals surface area (Å²) < 4.78 is 0. The van der Waals surface area contributed by atoms with Gasteiger partial charge in [0, 0.05) is 0 Å². The predicted octanol–water partition coefficient (Wildman–Crippen LogP) is 7.13. The van der Waals surface area contributed by atoms with Gasteiger partial charge in [0.25, 0.3) is 0 Å². The lowest BCUT2D eigenvalue weighted by Crippen LogP contribution is -2.37. The van der Waals surface area contributed by atoms with Gasteiger partial charge in [0.2, 0.25) is 0 Å². The summed E-state index contributed by atoms with van der Waals surface area (Å²) in [6.45, 7) is 16.0. The minimum absolute atomic E-state index is 0.740. The fourth-order valence-corrected chi connectivity index (χ4v) is 7.97. The maximum atomic E-state index is 4.70. The smallest absolute Gasteiger partial charge is 0.0138 e. The molecule has 0 amide bonds. The molecule has 0 radical (unpaired) electrons. The molecular weight excluding hydrogens is 312 g/mol. The lowest BCUT2D eigenvalue weighted by molar-refractivity contribution is 0.0799. The van der Waals surface area contributed by atoms with E-state index in [-0.39, 0.29) is 0 Å². The van der Waals surface area contributed by atoms with Gasteiger partial charge in [-0.25, -0.2) is 0 Å². The van der Waals surface area contributed by atoms with E-state index in [1.54, 1.807) is 18.4 Å². The monoisotopic (exact) mass is 352 g/mol. The second-order valence-electron chi connectivity index (χ2n) is 11.0. The summed E-state index contributed by atoms with van der Waals surface area (Å²) in [5.74, 6) is 9.74. The van der Waals surface area contributed by atoms with E-state index < -0.39 is 0 Å². The van der Waals surface area contributed by atoms with Crippen molar-refractivity contribution in [1.29, 1.82) is 0 Å². The quantitative estimate of drug-likeness (QED) is 0.367. The molecule has 5 aliphatic carbocycles. The van der Waals surface area contributed by atoms with Crippen molar-refractivity contribution in [1.82, 2.24) is 0 Å². The number of fused-ring (bicyclic) bond motifs is 1. The van der Waals surface area contributed by atoms with Gasteiger partial charge in [-0.3, -0.25) is 0 Å². The zero-order valence-corrected chi connectivity index (χ0v) is 17.4. The van der Waals surface area contributed by atoms with Crippen LogP contribution in [0.25, 0.3) is 0 Å². The van der Waals surface area contributed by atoms with E-state index in [9.17, 15) is 0 Å². The third-order valence-electron chi connectivity index (χ3n) is 10.1. The molecule has 26 heavy (non-hydrogen) atoms. The van der Waals surface area contributed by atoms with Crippen LogP contribution < -0.4 is 0 Å². The van der Waals surface area contributed by atoms with Gasteiger partial charge in [0.15, 0.2) is 0 Å². The van der Waals surface area contributed by atoms with Gasteiger partial charge in [-0.05, 0) is 110 Å². The first-order valence-electron chi connectivity index (χ1n) is 11.9. The second-order valence-corrected chi connectivity index (χ2v) is 11.0. The fourth-order valence-electron chi connectivity index (χ4n) is 7.97. The maximum Gasteiger partial charge on any atom is -0.0138 e. The molecule has 0 saturated heterocycles. The van der Waals surface area contributed by atoms with Crippen LogP contribution in [0.4, 0.5) is 0 Å². The molecule has 0 heterocycles. The Hall–Kier alpha value is -0.520. The van der Waals surface area contributed by atoms with E-state index in [1.807, 2.05) is 0 Å². The molecule has 0 heteroatoms. The molecule has 0 aliphatic heterocycles.